The lowest BCUT2D eigenvalue weighted by Gasteiger charge is -2.16. The smallest absolute Gasteiger partial charge is 0.319 e. The number of anilines is 2. The van der Waals surface area contributed by atoms with E-state index in [1.807, 2.05) is 68.7 Å². The summed E-state index contributed by atoms with van der Waals surface area (Å²) in [5, 5.41) is 14.7. The Morgan fingerprint density at radius 3 is 2.35 bits per heavy atom. The summed E-state index contributed by atoms with van der Waals surface area (Å²) in [5.74, 6) is 0.273. The highest BCUT2D eigenvalue weighted by molar-refractivity contribution is 5.89. The van der Waals surface area contributed by atoms with Crippen LogP contribution in [0.1, 0.15) is 22.5 Å². The van der Waals surface area contributed by atoms with Crippen molar-refractivity contribution in [1.82, 2.24) is 15.3 Å². The van der Waals surface area contributed by atoms with E-state index in [9.17, 15) is 9.59 Å². The Labute approximate surface area is 181 Å². The molecule has 3 N–H and O–H groups in total. The number of amides is 2. The average molecular weight is 419 g/mol. The maximum Gasteiger partial charge on any atom is 0.319 e. The van der Waals surface area contributed by atoms with Crippen molar-refractivity contribution in [2.24, 2.45) is 0 Å². The number of hydrogen-bond donors (Lipinski definition) is 3. The number of benzene rings is 2. The summed E-state index contributed by atoms with van der Waals surface area (Å²) in [5.41, 5.74) is 3.26. The number of urea groups is 1. The van der Waals surface area contributed by atoms with Crippen LogP contribution in [-0.4, -0.2) is 41.2 Å². The van der Waals surface area contributed by atoms with Crippen LogP contribution in [0.15, 0.2) is 60.8 Å². The van der Waals surface area contributed by atoms with E-state index in [-0.39, 0.29) is 12.5 Å². The Morgan fingerprint density at radius 1 is 1.00 bits per heavy atom. The number of carbonyl (C=O) groups excluding carboxylic acids is 1. The van der Waals surface area contributed by atoms with Gasteiger partial charge in [-0.2, -0.15) is 0 Å². The molecular formula is C23H25N5O3. The maximum atomic E-state index is 12.1. The third-order valence-electron chi connectivity index (χ3n) is 4.53. The molecule has 3 rings (SSSR count). The van der Waals surface area contributed by atoms with Crippen molar-refractivity contribution in [2.75, 3.05) is 24.3 Å². The third kappa shape index (κ3) is 6.53. The highest BCUT2D eigenvalue weighted by Gasteiger charge is 2.13. The lowest BCUT2D eigenvalue weighted by molar-refractivity contribution is -0.136. The molecule has 160 valence electrons. The number of carboxylic acids is 1. The van der Waals surface area contributed by atoms with Crippen LogP contribution in [0, 0.1) is 0 Å². The van der Waals surface area contributed by atoms with Crippen LogP contribution in [0.25, 0.3) is 0 Å². The van der Waals surface area contributed by atoms with E-state index in [1.54, 1.807) is 11.1 Å². The third-order valence-corrected chi connectivity index (χ3v) is 4.53. The lowest BCUT2D eigenvalue weighted by atomic mass is 10.1. The topological polar surface area (TPSA) is 107 Å². The van der Waals surface area contributed by atoms with Crippen molar-refractivity contribution in [3.8, 4) is 0 Å². The SMILES string of the molecule is CN(C)c1nc(Cc2ccc(NC(=O)NCc3ccccc3)cc2)ncc1CC(=O)O. The first-order chi connectivity index (χ1) is 14.9. The number of nitrogens with zero attached hydrogens (tertiary/aromatic N) is 3. The van der Waals surface area contributed by atoms with Gasteiger partial charge in [-0.25, -0.2) is 14.8 Å². The fourth-order valence-corrected chi connectivity index (χ4v) is 3.04. The minimum absolute atomic E-state index is 0.125. The van der Waals surface area contributed by atoms with Gasteiger partial charge in [0.15, 0.2) is 0 Å². The van der Waals surface area contributed by atoms with Gasteiger partial charge in [0, 0.05) is 44.5 Å². The Kier molecular flexibility index (Phi) is 7.16. The van der Waals surface area contributed by atoms with E-state index in [0.717, 1.165) is 11.1 Å². The van der Waals surface area contributed by atoms with Crippen molar-refractivity contribution in [2.45, 2.75) is 19.4 Å². The molecule has 31 heavy (non-hydrogen) atoms. The first-order valence-corrected chi connectivity index (χ1v) is 9.82. The van der Waals surface area contributed by atoms with Crippen molar-refractivity contribution in [3.63, 3.8) is 0 Å². The molecule has 1 heterocycles. The molecule has 2 amide bonds. The van der Waals surface area contributed by atoms with Gasteiger partial charge in [0.2, 0.25) is 0 Å². The van der Waals surface area contributed by atoms with Crippen LogP contribution < -0.4 is 15.5 Å². The first kappa shape index (κ1) is 21.8. The van der Waals surface area contributed by atoms with Gasteiger partial charge in [0.05, 0.1) is 6.42 Å². The quantitative estimate of drug-likeness (QED) is 0.518. The molecule has 0 aliphatic heterocycles. The molecule has 0 saturated carbocycles. The summed E-state index contributed by atoms with van der Waals surface area (Å²) in [6.45, 7) is 0.453. The van der Waals surface area contributed by atoms with Gasteiger partial charge in [0.25, 0.3) is 0 Å². The normalized spacial score (nSPS) is 10.4. The van der Waals surface area contributed by atoms with E-state index in [2.05, 4.69) is 20.6 Å². The summed E-state index contributed by atoms with van der Waals surface area (Å²) in [4.78, 5) is 33.7. The summed E-state index contributed by atoms with van der Waals surface area (Å²) in [7, 11) is 3.64. The van der Waals surface area contributed by atoms with Crippen LogP contribution >= 0.6 is 0 Å². The van der Waals surface area contributed by atoms with E-state index < -0.39 is 5.97 Å². The van der Waals surface area contributed by atoms with Gasteiger partial charge in [-0.3, -0.25) is 4.79 Å². The molecule has 0 aliphatic rings. The lowest BCUT2D eigenvalue weighted by Crippen LogP contribution is -2.28. The van der Waals surface area contributed by atoms with Crippen LogP contribution in [0.3, 0.4) is 0 Å². The predicted molar refractivity (Wildman–Crippen MR) is 119 cm³/mol. The number of aromatic nitrogens is 2. The number of nitrogens with one attached hydrogen (secondary N) is 2. The number of hydrogen-bond acceptors (Lipinski definition) is 5. The number of rotatable bonds is 8. The zero-order chi connectivity index (χ0) is 22.2. The van der Waals surface area contributed by atoms with Gasteiger partial charge in [-0.15, -0.1) is 0 Å². The Hall–Kier alpha value is -3.94. The monoisotopic (exact) mass is 419 g/mol. The summed E-state index contributed by atoms with van der Waals surface area (Å²) >= 11 is 0. The molecule has 0 spiro atoms. The van der Waals surface area contributed by atoms with E-state index in [0.29, 0.717) is 35.9 Å². The van der Waals surface area contributed by atoms with Crippen molar-refractivity contribution in [1.29, 1.82) is 0 Å². The molecule has 8 heteroatoms. The van der Waals surface area contributed by atoms with Crippen LogP contribution in [0.2, 0.25) is 0 Å². The first-order valence-electron chi connectivity index (χ1n) is 9.82. The molecule has 1 aromatic heterocycles. The molecule has 3 aromatic rings. The zero-order valence-corrected chi connectivity index (χ0v) is 17.5. The molecule has 2 aromatic carbocycles. The Bertz CT molecular complexity index is 1040. The molecule has 0 aliphatic carbocycles. The van der Waals surface area contributed by atoms with Crippen molar-refractivity contribution in [3.05, 3.63) is 83.3 Å². The van der Waals surface area contributed by atoms with Crippen molar-refractivity contribution < 1.29 is 14.7 Å². The van der Waals surface area contributed by atoms with Crippen LogP contribution in [0.4, 0.5) is 16.3 Å². The minimum atomic E-state index is -0.921. The standard InChI is InChI=1S/C23H25N5O3/c1-28(2)22-18(13-21(29)30)15-24-20(27-22)12-16-8-10-19(11-9-16)26-23(31)25-14-17-6-4-3-5-7-17/h3-11,15H,12-14H2,1-2H3,(H,29,30)(H2,25,26,31). The maximum absolute atomic E-state index is 12.1. The summed E-state index contributed by atoms with van der Waals surface area (Å²) in [6.07, 6.45) is 1.94. The number of carbonyl (C=O) groups is 2. The van der Waals surface area contributed by atoms with E-state index in [1.165, 1.54) is 0 Å². The van der Waals surface area contributed by atoms with Gasteiger partial charge in [0.1, 0.15) is 11.6 Å². The second-order valence-electron chi connectivity index (χ2n) is 7.27. The van der Waals surface area contributed by atoms with Crippen LogP contribution in [-0.2, 0) is 24.2 Å². The highest BCUT2D eigenvalue weighted by atomic mass is 16.4. The van der Waals surface area contributed by atoms with Gasteiger partial charge in [-0.1, -0.05) is 42.5 Å². The second kappa shape index (κ2) is 10.2. The molecule has 0 unspecified atom stereocenters. The number of aliphatic carboxylic acids is 1. The van der Waals surface area contributed by atoms with Gasteiger partial charge in [-0.05, 0) is 23.3 Å². The summed E-state index contributed by atoms with van der Waals surface area (Å²) in [6, 6.07) is 16.9. The Balaban J connectivity index is 1.59. The van der Waals surface area contributed by atoms with Gasteiger partial charge < -0.3 is 20.6 Å². The largest absolute Gasteiger partial charge is 0.481 e. The molecule has 0 radical (unpaired) electrons. The zero-order valence-electron chi connectivity index (χ0n) is 17.5. The predicted octanol–water partition coefficient (Wildman–Crippen LogP) is 3.08. The molecular weight excluding hydrogens is 394 g/mol. The molecule has 0 bridgehead atoms. The van der Waals surface area contributed by atoms with Gasteiger partial charge >= 0.3 is 12.0 Å². The molecule has 8 nitrogen and oxygen atoms in total. The van der Waals surface area contributed by atoms with Crippen molar-refractivity contribution >= 4 is 23.5 Å². The summed E-state index contributed by atoms with van der Waals surface area (Å²) < 4.78 is 0. The Morgan fingerprint density at radius 2 is 1.71 bits per heavy atom. The van der Waals surface area contributed by atoms with E-state index in [4.69, 9.17) is 5.11 Å². The fraction of sp³-hybridized carbons (Fsp3) is 0.217. The molecule has 0 fully saturated rings. The highest BCUT2D eigenvalue weighted by Crippen LogP contribution is 2.18. The van der Waals surface area contributed by atoms with Crippen LogP contribution in [0.5, 0.6) is 0 Å². The van der Waals surface area contributed by atoms with E-state index >= 15 is 0 Å². The average Bonchev–Trinajstić information content (AvgIpc) is 2.75. The fourth-order valence-electron chi connectivity index (χ4n) is 3.04. The molecule has 0 atom stereocenters. The second-order valence-corrected chi connectivity index (χ2v) is 7.27. The number of carboxylic acid groups (broad SMARTS) is 1. The minimum Gasteiger partial charge on any atom is -0.481 e. The molecule has 0 saturated heterocycles.